The van der Waals surface area contributed by atoms with E-state index in [0.717, 1.165) is 4.90 Å². The Balaban J connectivity index is 1.65. The summed E-state index contributed by atoms with van der Waals surface area (Å²) in [7, 11) is 1.49. The second kappa shape index (κ2) is 10.4. The fourth-order valence-electron chi connectivity index (χ4n) is 3.46. The molecular weight excluding hydrogens is 534 g/mol. The molecule has 11 heteroatoms. The molecule has 1 saturated heterocycles. The van der Waals surface area contributed by atoms with Crippen LogP contribution in [0.25, 0.3) is 6.08 Å². The SMILES string of the molecule is COc1ccc(N2C(=O)NC(=O)/C(=C\c3cc(Br)ccc3OCc3cccc([N+](=O)[O-])c3)C2=O)cc1. The van der Waals surface area contributed by atoms with Crippen LogP contribution in [0.2, 0.25) is 0 Å². The van der Waals surface area contributed by atoms with Crippen LogP contribution in [0, 0.1) is 10.1 Å². The van der Waals surface area contributed by atoms with Crippen LogP contribution < -0.4 is 19.7 Å². The second-order valence-corrected chi connectivity index (χ2v) is 8.47. The Kier molecular flexibility index (Phi) is 7.11. The minimum atomic E-state index is -0.872. The summed E-state index contributed by atoms with van der Waals surface area (Å²) in [5.74, 6) is -0.793. The van der Waals surface area contributed by atoms with Crippen molar-refractivity contribution in [3.63, 3.8) is 0 Å². The summed E-state index contributed by atoms with van der Waals surface area (Å²) in [6.45, 7) is 0.0100. The summed E-state index contributed by atoms with van der Waals surface area (Å²) in [5, 5.41) is 13.2. The first-order valence-electron chi connectivity index (χ1n) is 10.5. The lowest BCUT2D eigenvalue weighted by Gasteiger charge is -2.26. The Labute approximate surface area is 213 Å². The molecule has 0 spiro atoms. The van der Waals surface area contributed by atoms with E-state index in [1.54, 1.807) is 42.5 Å². The average molecular weight is 552 g/mol. The van der Waals surface area contributed by atoms with Gasteiger partial charge in [0.25, 0.3) is 17.5 Å². The number of amides is 4. The smallest absolute Gasteiger partial charge is 0.335 e. The highest BCUT2D eigenvalue weighted by Crippen LogP contribution is 2.29. The van der Waals surface area contributed by atoms with Gasteiger partial charge in [0.05, 0.1) is 17.7 Å². The fraction of sp³-hybridized carbons (Fsp3) is 0.0800. The molecule has 3 aromatic rings. The van der Waals surface area contributed by atoms with E-state index in [-0.39, 0.29) is 23.6 Å². The van der Waals surface area contributed by atoms with Crippen molar-refractivity contribution in [1.29, 1.82) is 0 Å². The van der Waals surface area contributed by atoms with Crippen LogP contribution in [-0.2, 0) is 16.2 Å². The molecule has 0 radical (unpaired) electrons. The predicted octanol–water partition coefficient (Wildman–Crippen LogP) is 4.61. The van der Waals surface area contributed by atoms with Crippen molar-refractivity contribution in [2.24, 2.45) is 0 Å². The van der Waals surface area contributed by atoms with Gasteiger partial charge in [-0.25, -0.2) is 9.69 Å². The Bertz CT molecular complexity index is 1400. The van der Waals surface area contributed by atoms with Crippen molar-refractivity contribution in [2.75, 3.05) is 12.0 Å². The van der Waals surface area contributed by atoms with E-state index >= 15 is 0 Å². The Morgan fingerprint density at radius 3 is 2.50 bits per heavy atom. The molecule has 3 aromatic carbocycles. The number of carbonyl (C=O) groups excluding carboxylic acids is 3. The molecule has 0 bridgehead atoms. The fourth-order valence-corrected chi connectivity index (χ4v) is 3.84. The van der Waals surface area contributed by atoms with Crippen molar-refractivity contribution in [1.82, 2.24) is 5.32 Å². The van der Waals surface area contributed by atoms with E-state index < -0.39 is 22.8 Å². The number of carbonyl (C=O) groups is 3. The van der Waals surface area contributed by atoms with Crippen LogP contribution in [0.4, 0.5) is 16.2 Å². The van der Waals surface area contributed by atoms with Gasteiger partial charge in [0.15, 0.2) is 0 Å². The van der Waals surface area contributed by atoms with Crippen LogP contribution in [0.1, 0.15) is 11.1 Å². The van der Waals surface area contributed by atoms with Crippen LogP contribution >= 0.6 is 15.9 Å². The number of non-ortho nitro benzene ring substituents is 1. The number of barbiturate groups is 1. The largest absolute Gasteiger partial charge is 0.497 e. The number of imide groups is 2. The maximum atomic E-state index is 13.2. The molecule has 1 N–H and O–H groups in total. The number of nitrogens with zero attached hydrogens (tertiary/aromatic N) is 2. The van der Waals surface area contributed by atoms with Crippen molar-refractivity contribution in [3.05, 3.63) is 98.0 Å². The molecule has 182 valence electrons. The third-order valence-corrected chi connectivity index (χ3v) is 5.71. The number of hydrogen-bond acceptors (Lipinski definition) is 7. The van der Waals surface area contributed by atoms with Gasteiger partial charge in [0, 0.05) is 22.2 Å². The number of halogens is 1. The topological polar surface area (TPSA) is 128 Å². The number of anilines is 1. The summed E-state index contributed by atoms with van der Waals surface area (Å²) in [6.07, 6.45) is 1.33. The van der Waals surface area contributed by atoms with Gasteiger partial charge in [-0.1, -0.05) is 28.1 Å². The first-order chi connectivity index (χ1) is 17.3. The molecule has 4 rings (SSSR count). The summed E-state index contributed by atoms with van der Waals surface area (Å²) in [5.41, 5.74) is 0.865. The number of benzene rings is 3. The predicted molar refractivity (Wildman–Crippen MR) is 134 cm³/mol. The Hall–Kier alpha value is -4.51. The van der Waals surface area contributed by atoms with Crippen molar-refractivity contribution >= 4 is 51.2 Å². The van der Waals surface area contributed by atoms with E-state index in [0.29, 0.717) is 27.1 Å². The number of hydrogen-bond donors (Lipinski definition) is 1. The average Bonchev–Trinajstić information content (AvgIpc) is 2.86. The number of rotatable bonds is 7. The van der Waals surface area contributed by atoms with E-state index in [4.69, 9.17) is 9.47 Å². The monoisotopic (exact) mass is 551 g/mol. The highest BCUT2D eigenvalue weighted by Gasteiger charge is 2.37. The minimum Gasteiger partial charge on any atom is -0.497 e. The van der Waals surface area contributed by atoms with E-state index in [9.17, 15) is 24.5 Å². The minimum absolute atomic E-state index is 0.0100. The number of nitro groups is 1. The summed E-state index contributed by atoms with van der Waals surface area (Å²) < 4.78 is 11.6. The number of nitro benzene ring substituents is 1. The van der Waals surface area contributed by atoms with Gasteiger partial charge in [-0.2, -0.15) is 0 Å². The van der Waals surface area contributed by atoms with Gasteiger partial charge >= 0.3 is 6.03 Å². The molecule has 0 aliphatic carbocycles. The number of nitrogens with one attached hydrogen (secondary N) is 1. The standard InChI is InChI=1S/C25H18BrN3O7/c1-35-20-8-6-18(7-9-20)28-24(31)21(23(30)27-25(28)32)13-16-12-17(26)5-10-22(16)36-14-15-3-2-4-19(11-15)29(33)34/h2-13H,14H2,1H3,(H,27,30,32)/b21-13+. The van der Waals surface area contributed by atoms with Crippen LogP contribution in [0.3, 0.4) is 0 Å². The molecule has 1 aliphatic rings. The summed E-state index contributed by atoms with van der Waals surface area (Å²) in [6, 6.07) is 16.3. The number of methoxy groups -OCH3 is 1. The Morgan fingerprint density at radius 2 is 1.81 bits per heavy atom. The third kappa shape index (κ3) is 5.26. The van der Waals surface area contributed by atoms with Crippen LogP contribution in [-0.4, -0.2) is 29.9 Å². The number of urea groups is 1. The lowest BCUT2D eigenvalue weighted by molar-refractivity contribution is -0.384. The highest BCUT2D eigenvalue weighted by molar-refractivity contribution is 9.10. The normalized spacial score (nSPS) is 14.6. The van der Waals surface area contributed by atoms with Crippen molar-refractivity contribution in [2.45, 2.75) is 6.61 Å². The van der Waals surface area contributed by atoms with Crippen LogP contribution in [0.15, 0.2) is 76.8 Å². The molecular formula is C25H18BrN3O7. The Morgan fingerprint density at radius 1 is 1.06 bits per heavy atom. The van der Waals surface area contributed by atoms with Crippen molar-refractivity contribution < 1.29 is 28.8 Å². The zero-order valence-electron chi connectivity index (χ0n) is 18.8. The second-order valence-electron chi connectivity index (χ2n) is 7.55. The van der Waals surface area contributed by atoms with Gasteiger partial charge < -0.3 is 9.47 Å². The molecule has 1 heterocycles. The molecule has 1 fully saturated rings. The van der Waals surface area contributed by atoms with E-state index in [2.05, 4.69) is 21.2 Å². The third-order valence-electron chi connectivity index (χ3n) is 5.22. The zero-order chi connectivity index (χ0) is 25.8. The first-order valence-corrected chi connectivity index (χ1v) is 11.3. The first kappa shape index (κ1) is 24.6. The molecule has 10 nitrogen and oxygen atoms in total. The molecule has 0 atom stereocenters. The molecule has 36 heavy (non-hydrogen) atoms. The van der Waals surface area contributed by atoms with Gasteiger partial charge in [-0.15, -0.1) is 0 Å². The van der Waals surface area contributed by atoms with Gasteiger partial charge in [0.1, 0.15) is 23.7 Å². The number of ether oxygens (including phenoxy) is 2. The quantitative estimate of drug-likeness (QED) is 0.196. The molecule has 1 aliphatic heterocycles. The molecule has 0 unspecified atom stereocenters. The zero-order valence-corrected chi connectivity index (χ0v) is 20.4. The van der Waals surface area contributed by atoms with Gasteiger partial charge in [-0.05, 0) is 54.1 Å². The van der Waals surface area contributed by atoms with Gasteiger partial charge in [0.2, 0.25) is 0 Å². The molecule has 4 amide bonds. The van der Waals surface area contributed by atoms with Crippen LogP contribution in [0.5, 0.6) is 11.5 Å². The maximum absolute atomic E-state index is 13.2. The highest BCUT2D eigenvalue weighted by atomic mass is 79.9. The lowest BCUT2D eigenvalue weighted by atomic mass is 10.1. The lowest BCUT2D eigenvalue weighted by Crippen LogP contribution is -2.54. The maximum Gasteiger partial charge on any atom is 0.335 e. The van der Waals surface area contributed by atoms with E-state index in [1.807, 2.05) is 0 Å². The molecule has 0 saturated carbocycles. The molecule has 0 aromatic heterocycles. The summed E-state index contributed by atoms with van der Waals surface area (Å²) >= 11 is 3.36. The summed E-state index contributed by atoms with van der Waals surface area (Å²) in [4.78, 5) is 49.7. The van der Waals surface area contributed by atoms with Crippen molar-refractivity contribution in [3.8, 4) is 11.5 Å². The van der Waals surface area contributed by atoms with E-state index in [1.165, 1.54) is 37.5 Å². The van der Waals surface area contributed by atoms with Gasteiger partial charge in [-0.3, -0.25) is 25.0 Å².